The lowest BCUT2D eigenvalue weighted by Gasteiger charge is -2.36. The van der Waals surface area contributed by atoms with E-state index in [-0.39, 0.29) is 5.75 Å². The van der Waals surface area contributed by atoms with Crippen LogP contribution in [0.15, 0.2) is 79.5 Å². The Kier molecular flexibility index (Phi) is 6.01. The van der Waals surface area contributed by atoms with Crippen molar-refractivity contribution >= 4 is 0 Å². The van der Waals surface area contributed by atoms with Gasteiger partial charge in [-0.1, -0.05) is 11.8 Å². The Balaban J connectivity index is 1.76. The van der Waals surface area contributed by atoms with Gasteiger partial charge in [0.15, 0.2) is 5.60 Å². The fraction of sp³-hybridized carbons (Fsp3) is 0.0800. The summed E-state index contributed by atoms with van der Waals surface area (Å²) in [7, 11) is 0. The van der Waals surface area contributed by atoms with Crippen LogP contribution in [0.25, 0.3) is 0 Å². The second-order valence-corrected chi connectivity index (χ2v) is 7.27. The molecule has 2 N–H and O–H groups in total. The van der Waals surface area contributed by atoms with Crippen LogP contribution in [0, 0.1) is 23.5 Å². The molecule has 0 saturated carbocycles. The summed E-state index contributed by atoms with van der Waals surface area (Å²) in [5.74, 6) is -0.917. The number of aliphatic hydroxyl groups is 1. The highest BCUT2D eigenvalue weighted by Gasteiger charge is 2.58. The number of pyridine rings is 1. The minimum atomic E-state index is -4.18. The Labute approximate surface area is 191 Å². The summed E-state index contributed by atoms with van der Waals surface area (Å²) in [5.41, 5.74) is -4.67. The van der Waals surface area contributed by atoms with Gasteiger partial charge >= 0.3 is 5.92 Å². The lowest BCUT2D eigenvalue weighted by Crippen LogP contribution is -2.45. The van der Waals surface area contributed by atoms with Crippen molar-refractivity contribution in [2.24, 2.45) is 0 Å². The normalized spacial score (nSPS) is 13.0. The molecule has 0 aliphatic heterocycles. The van der Waals surface area contributed by atoms with E-state index in [9.17, 15) is 19.0 Å². The van der Waals surface area contributed by atoms with Gasteiger partial charge < -0.3 is 10.2 Å². The highest BCUT2D eigenvalue weighted by Crippen LogP contribution is 2.49. The zero-order valence-corrected chi connectivity index (χ0v) is 17.3. The lowest BCUT2D eigenvalue weighted by molar-refractivity contribution is -0.175. The van der Waals surface area contributed by atoms with E-state index in [1.54, 1.807) is 12.1 Å². The maximum absolute atomic E-state index is 15.8. The third-order valence-corrected chi connectivity index (χ3v) is 5.06. The highest BCUT2D eigenvalue weighted by atomic mass is 19.3. The number of hydrogen-bond acceptors (Lipinski definition) is 5. The lowest BCUT2D eigenvalue weighted by atomic mass is 9.80. The second-order valence-electron chi connectivity index (χ2n) is 7.27. The topological polar surface area (TPSA) is 79.1 Å². The third-order valence-electron chi connectivity index (χ3n) is 5.06. The molecule has 5 nitrogen and oxygen atoms in total. The molecule has 0 radical (unpaired) electrons. The summed E-state index contributed by atoms with van der Waals surface area (Å²) in [4.78, 5) is 11.0. The van der Waals surface area contributed by atoms with Gasteiger partial charge in [-0.15, -0.1) is 0 Å². The van der Waals surface area contributed by atoms with Gasteiger partial charge in [-0.2, -0.15) is 8.78 Å². The van der Waals surface area contributed by atoms with Crippen LogP contribution in [0.4, 0.5) is 17.6 Å². The van der Waals surface area contributed by atoms with E-state index >= 15 is 8.78 Å². The maximum atomic E-state index is 15.8. The average molecular weight is 465 g/mol. The van der Waals surface area contributed by atoms with E-state index in [4.69, 9.17) is 0 Å². The standard InChI is InChI=1S/C25H15F4N3O2/c26-19-6-9-21(22(27)11-19)24(34,18-13-30-15-31-14-18)25(28,29)23-10-5-17(12-32-23)2-1-16-3-7-20(33)8-4-16/h3-15,33-34H. The summed E-state index contributed by atoms with van der Waals surface area (Å²) >= 11 is 0. The van der Waals surface area contributed by atoms with Gasteiger partial charge in [0, 0.05) is 46.9 Å². The molecule has 0 fully saturated rings. The van der Waals surface area contributed by atoms with Gasteiger partial charge in [-0.25, -0.2) is 18.7 Å². The van der Waals surface area contributed by atoms with Crippen molar-refractivity contribution in [3.8, 4) is 17.6 Å². The van der Waals surface area contributed by atoms with Crippen LogP contribution in [-0.2, 0) is 11.5 Å². The van der Waals surface area contributed by atoms with Crippen molar-refractivity contribution in [3.05, 3.63) is 119 Å². The summed E-state index contributed by atoms with van der Waals surface area (Å²) in [5, 5.41) is 20.6. The monoisotopic (exact) mass is 465 g/mol. The van der Waals surface area contributed by atoms with Gasteiger partial charge in [0.25, 0.3) is 0 Å². The zero-order valence-electron chi connectivity index (χ0n) is 17.3. The SMILES string of the molecule is Oc1ccc(C#Cc2ccc(C(F)(F)C(O)(c3cncnc3)c3ccc(F)cc3F)nc2)cc1. The molecule has 0 spiro atoms. The number of phenols is 1. The van der Waals surface area contributed by atoms with Crippen molar-refractivity contribution < 1.29 is 27.8 Å². The number of phenolic OH excluding ortho intramolecular Hbond substituents is 1. The van der Waals surface area contributed by atoms with E-state index in [1.165, 1.54) is 18.2 Å². The Hall–Kier alpha value is -4.29. The first kappa shape index (κ1) is 22.9. The van der Waals surface area contributed by atoms with Crippen molar-refractivity contribution in [2.75, 3.05) is 0 Å². The minimum Gasteiger partial charge on any atom is -0.508 e. The van der Waals surface area contributed by atoms with Gasteiger partial charge in [0.05, 0.1) is 0 Å². The van der Waals surface area contributed by atoms with Gasteiger partial charge in [-0.05, 0) is 48.5 Å². The summed E-state index contributed by atoms with van der Waals surface area (Å²) in [6.07, 6.45) is 3.98. The van der Waals surface area contributed by atoms with Crippen molar-refractivity contribution in [2.45, 2.75) is 11.5 Å². The Morgan fingerprint density at radius 3 is 2.06 bits per heavy atom. The molecule has 0 saturated heterocycles. The molecule has 0 aliphatic rings. The van der Waals surface area contributed by atoms with Crippen LogP contribution < -0.4 is 0 Å². The highest BCUT2D eigenvalue weighted by molar-refractivity contribution is 5.45. The smallest absolute Gasteiger partial charge is 0.326 e. The van der Waals surface area contributed by atoms with Crippen LogP contribution in [0.1, 0.15) is 27.9 Å². The molecule has 2 aromatic carbocycles. The number of alkyl halides is 2. The largest absolute Gasteiger partial charge is 0.508 e. The first-order valence-electron chi connectivity index (χ1n) is 9.80. The molecule has 0 bridgehead atoms. The number of nitrogens with zero attached hydrogens (tertiary/aromatic N) is 3. The third kappa shape index (κ3) is 4.19. The number of hydrogen-bond donors (Lipinski definition) is 2. The quantitative estimate of drug-likeness (QED) is 0.348. The van der Waals surface area contributed by atoms with Crippen LogP contribution in [0.3, 0.4) is 0 Å². The van der Waals surface area contributed by atoms with Crippen LogP contribution >= 0.6 is 0 Å². The molecule has 1 unspecified atom stereocenters. The fourth-order valence-corrected chi connectivity index (χ4v) is 3.30. The molecule has 34 heavy (non-hydrogen) atoms. The molecular formula is C25H15F4N3O2. The van der Waals surface area contributed by atoms with Crippen molar-refractivity contribution in [1.29, 1.82) is 0 Å². The second kappa shape index (κ2) is 8.92. The minimum absolute atomic E-state index is 0.0766. The van der Waals surface area contributed by atoms with E-state index < -0.39 is 40.0 Å². The molecule has 2 aromatic heterocycles. The molecule has 4 aromatic rings. The molecular weight excluding hydrogens is 450 g/mol. The summed E-state index contributed by atoms with van der Waals surface area (Å²) in [6, 6.07) is 10.2. The molecule has 170 valence electrons. The maximum Gasteiger partial charge on any atom is 0.326 e. The average Bonchev–Trinajstić information content (AvgIpc) is 2.84. The Bertz CT molecular complexity index is 1370. The predicted octanol–water partition coefficient (Wildman–Crippen LogP) is 4.28. The summed E-state index contributed by atoms with van der Waals surface area (Å²) in [6.45, 7) is 0. The zero-order chi connectivity index (χ0) is 24.3. The number of aromatic hydroxyl groups is 1. The van der Waals surface area contributed by atoms with Crippen molar-refractivity contribution in [3.63, 3.8) is 0 Å². The number of aromatic nitrogens is 3. The van der Waals surface area contributed by atoms with E-state index in [0.29, 0.717) is 17.2 Å². The van der Waals surface area contributed by atoms with Crippen LogP contribution in [-0.4, -0.2) is 25.2 Å². The van der Waals surface area contributed by atoms with Crippen molar-refractivity contribution in [1.82, 2.24) is 15.0 Å². The molecule has 2 heterocycles. The first-order valence-corrected chi connectivity index (χ1v) is 9.80. The molecule has 1 atom stereocenters. The molecule has 0 aliphatic carbocycles. The van der Waals surface area contributed by atoms with Gasteiger partial charge in [0.1, 0.15) is 29.4 Å². The van der Waals surface area contributed by atoms with Crippen LogP contribution in [0.5, 0.6) is 5.75 Å². The first-order chi connectivity index (χ1) is 16.2. The molecule has 4 rings (SSSR count). The fourth-order valence-electron chi connectivity index (χ4n) is 3.30. The predicted molar refractivity (Wildman–Crippen MR) is 114 cm³/mol. The van der Waals surface area contributed by atoms with Gasteiger partial charge in [-0.3, -0.25) is 4.98 Å². The molecule has 0 amide bonds. The number of halogens is 4. The Morgan fingerprint density at radius 2 is 1.44 bits per heavy atom. The van der Waals surface area contributed by atoms with Gasteiger partial charge in [0.2, 0.25) is 0 Å². The Morgan fingerprint density at radius 1 is 0.794 bits per heavy atom. The van der Waals surface area contributed by atoms with E-state index in [0.717, 1.165) is 43.1 Å². The number of rotatable bonds is 4. The summed E-state index contributed by atoms with van der Waals surface area (Å²) < 4.78 is 59.6. The van der Waals surface area contributed by atoms with Crippen LogP contribution in [0.2, 0.25) is 0 Å². The van der Waals surface area contributed by atoms with E-state index in [1.807, 2.05) is 0 Å². The number of benzene rings is 2. The van der Waals surface area contributed by atoms with E-state index in [2.05, 4.69) is 26.8 Å². The molecule has 9 heteroatoms.